The van der Waals surface area contributed by atoms with Crippen molar-refractivity contribution in [3.8, 4) is 0 Å². The zero-order valence-electron chi connectivity index (χ0n) is 7.20. The van der Waals surface area contributed by atoms with E-state index in [1.54, 1.807) is 6.07 Å². The van der Waals surface area contributed by atoms with Crippen LogP contribution >= 0.6 is 23.8 Å². The minimum absolute atomic E-state index is 0.687. The molecular weight excluding hydrogens is 214 g/mol. The lowest BCUT2D eigenvalue weighted by molar-refractivity contribution is 1.58. The van der Waals surface area contributed by atoms with Crippen LogP contribution in [0.1, 0.15) is 0 Å². The quantitative estimate of drug-likeness (QED) is 0.517. The van der Waals surface area contributed by atoms with Gasteiger partial charge >= 0.3 is 0 Å². The summed E-state index contributed by atoms with van der Waals surface area (Å²) < 4.78 is 0. The fourth-order valence-corrected chi connectivity index (χ4v) is 1.76. The van der Waals surface area contributed by atoms with Gasteiger partial charge in [-0.3, -0.25) is 0 Å². The van der Waals surface area contributed by atoms with E-state index in [1.807, 2.05) is 30.3 Å². The van der Waals surface area contributed by atoms with Crippen LogP contribution in [0.2, 0.25) is 5.02 Å². The average Bonchev–Trinajstić information content (AvgIpc) is 2.18. The van der Waals surface area contributed by atoms with Crippen molar-refractivity contribution in [3.05, 3.63) is 41.4 Å². The second-order valence-corrected chi connectivity index (χ2v) is 3.44. The number of rotatable bonds is 1. The van der Waals surface area contributed by atoms with Gasteiger partial charge < -0.3 is 0 Å². The first-order valence-corrected chi connectivity index (χ1v) is 4.86. The molecule has 1 nitrogen and oxygen atoms in total. The van der Waals surface area contributed by atoms with E-state index in [1.165, 1.54) is 0 Å². The summed E-state index contributed by atoms with van der Waals surface area (Å²) in [7, 11) is 0. The number of hydrogen-bond acceptors (Lipinski definition) is 2. The Labute approximate surface area is 92.0 Å². The Hall–Kier alpha value is -1.21. The highest BCUT2D eigenvalue weighted by Crippen LogP contribution is 2.28. The molecule has 0 amide bonds. The standard InChI is InChI=1S/C11H6ClNS/c12-11-6-9(13-7-14)5-8-3-1-2-4-10(8)11/h1-6H. The lowest BCUT2D eigenvalue weighted by atomic mass is 10.1. The molecule has 68 valence electrons. The van der Waals surface area contributed by atoms with Crippen molar-refractivity contribution in [3.63, 3.8) is 0 Å². The third-order valence-corrected chi connectivity index (χ3v) is 2.37. The maximum Gasteiger partial charge on any atom is 0.0760 e. The van der Waals surface area contributed by atoms with E-state index in [4.69, 9.17) is 11.6 Å². The number of benzene rings is 2. The van der Waals surface area contributed by atoms with Gasteiger partial charge in [-0.15, -0.1) is 0 Å². The zero-order valence-corrected chi connectivity index (χ0v) is 8.77. The molecule has 0 saturated carbocycles. The van der Waals surface area contributed by atoms with Gasteiger partial charge in [0, 0.05) is 5.39 Å². The summed E-state index contributed by atoms with van der Waals surface area (Å²) in [6.45, 7) is 0. The fourth-order valence-electron chi connectivity index (χ4n) is 1.37. The van der Waals surface area contributed by atoms with Gasteiger partial charge in [0.25, 0.3) is 0 Å². The van der Waals surface area contributed by atoms with E-state index in [2.05, 4.69) is 22.4 Å². The molecule has 0 atom stereocenters. The summed E-state index contributed by atoms with van der Waals surface area (Å²) in [4.78, 5) is 3.90. The van der Waals surface area contributed by atoms with Crippen LogP contribution in [0.15, 0.2) is 41.4 Å². The predicted octanol–water partition coefficient (Wildman–Crippen LogP) is 4.23. The third kappa shape index (κ3) is 1.68. The van der Waals surface area contributed by atoms with Gasteiger partial charge in [0.15, 0.2) is 0 Å². The Morgan fingerprint density at radius 2 is 2.00 bits per heavy atom. The highest BCUT2D eigenvalue weighted by molar-refractivity contribution is 7.78. The van der Waals surface area contributed by atoms with Crippen molar-refractivity contribution in [2.75, 3.05) is 0 Å². The van der Waals surface area contributed by atoms with Gasteiger partial charge in [-0.05, 0) is 29.7 Å². The molecule has 3 heteroatoms. The maximum atomic E-state index is 6.08. The summed E-state index contributed by atoms with van der Waals surface area (Å²) in [5.74, 6) is 0. The highest BCUT2D eigenvalue weighted by Gasteiger charge is 2.00. The number of aliphatic imine (C=N–C) groups is 1. The van der Waals surface area contributed by atoms with Crippen molar-refractivity contribution in [1.29, 1.82) is 0 Å². The minimum atomic E-state index is 0.687. The van der Waals surface area contributed by atoms with Gasteiger partial charge in [-0.2, -0.15) is 4.99 Å². The first-order chi connectivity index (χ1) is 6.81. The number of fused-ring (bicyclic) bond motifs is 1. The van der Waals surface area contributed by atoms with Crippen LogP contribution in [0.5, 0.6) is 0 Å². The van der Waals surface area contributed by atoms with Crippen molar-refractivity contribution < 1.29 is 0 Å². The van der Waals surface area contributed by atoms with Crippen molar-refractivity contribution >= 4 is 45.4 Å². The molecule has 0 spiro atoms. The van der Waals surface area contributed by atoms with Crippen LogP contribution in [0.25, 0.3) is 10.8 Å². The molecule has 0 aliphatic carbocycles. The van der Waals surface area contributed by atoms with Crippen LogP contribution in [-0.2, 0) is 0 Å². The SMILES string of the molecule is S=C=Nc1cc(Cl)c2ccccc2c1. The zero-order chi connectivity index (χ0) is 9.97. The molecule has 2 aromatic carbocycles. The topological polar surface area (TPSA) is 12.4 Å². The van der Waals surface area contributed by atoms with E-state index in [-0.39, 0.29) is 0 Å². The second kappa shape index (κ2) is 3.89. The van der Waals surface area contributed by atoms with Crippen molar-refractivity contribution in [2.24, 2.45) is 4.99 Å². The van der Waals surface area contributed by atoms with Crippen molar-refractivity contribution in [2.45, 2.75) is 0 Å². The average molecular weight is 220 g/mol. The van der Waals surface area contributed by atoms with Crippen molar-refractivity contribution in [1.82, 2.24) is 0 Å². The minimum Gasteiger partial charge on any atom is -0.195 e. The summed E-state index contributed by atoms with van der Waals surface area (Å²) in [5.41, 5.74) is 0.740. The number of hydrogen-bond donors (Lipinski definition) is 0. The molecule has 0 radical (unpaired) electrons. The predicted molar refractivity (Wildman–Crippen MR) is 63.6 cm³/mol. The molecular formula is C11H6ClNS. The molecule has 0 fully saturated rings. The van der Waals surface area contributed by atoms with Gasteiger partial charge in [-0.1, -0.05) is 35.9 Å². The molecule has 0 aliphatic heterocycles. The van der Waals surface area contributed by atoms with E-state index in [9.17, 15) is 0 Å². The van der Waals surface area contributed by atoms with Gasteiger partial charge in [0.05, 0.1) is 15.9 Å². The van der Waals surface area contributed by atoms with Crippen LogP contribution in [0.4, 0.5) is 5.69 Å². The summed E-state index contributed by atoms with van der Waals surface area (Å²) in [5, 5.41) is 5.10. The van der Waals surface area contributed by atoms with E-state index in [0.29, 0.717) is 5.02 Å². The smallest absolute Gasteiger partial charge is 0.0760 e. The maximum absolute atomic E-state index is 6.08. The molecule has 0 unspecified atom stereocenters. The molecule has 0 N–H and O–H groups in total. The normalized spacial score (nSPS) is 9.79. The molecule has 0 aliphatic rings. The van der Waals surface area contributed by atoms with E-state index >= 15 is 0 Å². The van der Waals surface area contributed by atoms with Gasteiger partial charge in [-0.25, -0.2) is 0 Å². The number of halogens is 1. The van der Waals surface area contributed by atoms with Crippen LogP contribution in [0.3, 0.4) is 0 Å². The van der Waals surface area contributed by atoms with Gasteiger partial charge in [0.1, 0.15) is 0 Å². The van der Waals surface area contributed by atoms with Crippen LogP contribution in [0, 0.1) is 0 Å². The Kier molecular flexibility index (Phi) is 2.60. The number of nitrogens with zero attached hydrogens (tertiary/aromatic N) is 1. The van der Waals surface area contributed by atoms with Crippen LogP contribution in [-0.4, -0.2) is 5.16 Å². The Balaban J connectivity index is 2.78. The monoisotopic (exact) mass is 219 g/mol. The first kappa shape index (κ1) is 9.35. The summed E-state index contributed by atoms with van der Waals surface area (Å²) >= 11 is 10.6. The third-order valence-electron chi connectivity index (χ3n) is 1.97. The summed E-state index contributed by atoms with van der Waals surface area (Å²) in [6, 6.07) is 11.6. The lowest BCUT2D eigenvalue weighted by Gasteiger charge is -2.00. The van der Waals surface area contributed by atoms with E-state index < -0.39 is 0 Å². The number of thiocarbonyl (C=S) groups is 1. The second-order valence-electron chi connectivity index (χ2n) is 2.85. The molecule has 0 heterocycles. The van der Waals surface area contributed by atoms with Crippen LogP contribution < -0.4 is 0 Å². The largest absolute Gasteiger partial charge is 0.195 e. The molecule has 0 bridgehead atoms. The Morgan fingerprint density at radius 3 is 2.79 bits per heavy atom. The lowest BCUT2D eigenvalue weighted by Crippen LogP contribution is -1.73. The number of isothiocyanates is 1. The van der Waals surface area contributed by atoms with Gasteiger partial charge in [0.2, 0.25) is 0 Å². The Morgan fingerprint density at radius 1 is 1.21 bits per heavy atom. The van der Waals surface area contributed by atoms with E-state index in [0.717, 1.165) is 16.5 Å². The molecule has 0 saturated heterocycles. The molecule has 0 aromatic heterocycles. The summed E-state index contributed by atoms with van der Waals surface area (Å²) in [6.07, 6.45) is 0. The molecule has 2 aromatic rings. The fraction of sp³-hybridized carbons (Fsp3) is 0. The Bertz CT molecular complexity index is 530. The first-order valence-electron chi connectivity index (χ1n) is 4.07. The molecule has 2 rings (SSSR count). The highest BCUT2D eigenvalue weighted by atomic mass is 35.5. The molecule has 14 heavy (non-hydrogen) atoms.